The Morgan fingerprint density at radius 3 is 2.91 bits per heavy atom. The Balaban J connectivity index is 1.83. The number of halogens is 1. The lowest BCUT2D eigenvalue weighted by Gasteiger charge is -2.08. The molecule has 0 spiro atoms. The number of tetrazole rings is 1. The molecule has 0 radical (unpaired) electrons. The molecular weight excluding hydrogens is 305 g/mol. The molecule has 0 saturated heterocycles. The number of aromatic nitrogens is 4. The van der Waals surface area contributed by atoms with Crippen LogP contribution in [0.1, 0.15) is 31.0 Å². The largest absolute Gasteiger partial charge is 0.351 e. The third-order valence-electron chi connectivity index (χ3n) is 3.00. The van der Waals surface area contributed by atoms with Crippen LogP contribution in [-0.2, 0) is 11.3 Å². The molecule has 0 fully saturated rings. The van der Waals surface area contributed by atoms with Gasteiger partial charge in [-0.3, -0.25) is 4.79 Å². The van der Waals surface area contributed by atoms with E-state index in [0.717, 1.165) is 5.56 Å². The van der Waals surface area contributed by atoms with Gasteiger partial charge >= 0.3 is 0 Å². The molecule has 0 aliphatic heterocycles. The highest BCUT2D eigenvalue weighted by molar-refractivity contribution is 7.99. The molecule has 1 N–H and O–H groups in total. The minimum absolute atomic E-state index is 0.120. The zero-order valence-corrected chi connectivity index (χ0v) is 13.5. The van der Waals surface area contributed by atoms with Crippen molar-refractivity contribution in [1.29, 1.82) is 0 Å². The molecular formula is C14H18FN5OS. The number of carbonyl (C=O) groups excluding carboxylic acids is 1. The fraction of sp³-hybridized carbons (Fsp3) is 0.429. The topological polar surface area (TPSA) is 72.7 Å². The molecule has 2 rings (SSSR count). The number of hydrogen-bond acceptors (Lipinski definition) is 5. The van der Waals surface area contributed by atoms with Gasteiger partial charge in [-0.2, -0.15) is 0 Å². The predicted octanol–water partition coefficient (Wildman–Crippen LogP) is 2.11. The lowest BCUT2D eigenvalue weighted by molar-refractivity contribution is -0.118. The van der Waals surface area contributed by atoms with Gasteiger partial charge in [0.1, 0.15) is 5.82 Å². The normalized spacial score (nSPS) is 11.0. The van der Waals surface area contributed by atoms with Crippen molar-refractivity contribution in [1.82, 2.24) is 25.5 Å². The molecule has 2 aromatic rings. The van der Waals surface area contributed by atoms with E-state index in [-0.39, 0.29) is 23.5 Å². The Bertz CT molecular complexity index is 658. The summed E-state index contributed by atoms with van der Waals surface area (Å²) in [6.07, 6.45) is 0. The molecule has 0 saturated carbocycles. The average molecular weight is 323 g/mol. The number of nitrogens with zero attached hydrogens (tertiary/aromatic N) is 4. The van der Waals surface area contributed by atoms with Gasteiger partial charge in [0, 0.05) is 6.54 Å². The number of benzene rings is 1. The third-order valence-corrected chi connectivity index (χ3v) is 3.93. The lowest BCUT2D eigenvalue weighted by atomic mass is 10.1. The quantitative estimate of drug-likeness (QED) is 0.824. The second kappa shape index (κ2) is 7.35. The summed E-state index contributed by atoms with van der Waals surface area (Å²) in [6, 6.07) is 4.93. The van der Waals surface area contributed by atoms with Gasteiger partial charge in [0.15, 0.2) is 0 Å². The number of thioether (sulfide) groups is 1. The minimum atomic E-state index is -0.244. The van der Waals surface area contributed by atoms with E-state index in [1.54, 1.807) is 23.7 Å². The van der Waals surface area contributed by atoms with Gasteiger partial charge in [-0.25, -0.2) is 9.07 Å². The van der Waals surface area contributed by atoms with Crippen molar-refractivity contribution in [3.05, 3.63) is 35.1 Å². The first-order valence-electron chi connectivity index (χ1n) is 6.89. The highest BCUT2D eigenvalue weighted by Gasteiger charge is 2.12. The summed E-state index contributed by atoms with van der Waals surface area (Å²) >= 11 is 1.29. The van der Waals surface area contributed by atoms with Crippen LogP contribution in [0.15, 0.2) is 23.4 Å². The Kier molecular flexibility index (Phi) is 5.48. The van der Waals surface area contributed by atoms with E-state index in [4.69, 9.17) is 0 Å². The maximum absolute atomic E-state index is 13.2. The summed E-state index contributed by atoms with van der Waals surface area (Å²) in [5, 5.41) is 14.8. The number of hydrogen-bond donors (Lipinski definition) is 1. The van der Waals surface area contributed by atoms with Gasteiger partial charge in [0.25, 0.3) is 0 Å². The zero-order valence-electron chi connectivity index (χ0n) is 12.7. The average Bonchev–Trinajstić information content (AvgIpc) is 2.95. The minimum Gasteiger partial charge on any atom is -0.351 e. The molecule has 1 aromatic carbocycles. The van der Waals surface area contributed by atoms with E-state index in [1.807, 2.05) is 13.8 Å². The van der Waals surface area contributed by atoms with Crippen molar-refractivity contribution in [2.24, 2.45) is 0 Å². The van der Waals surface area contributed by atoms with E-state index in [0.29, 0.717) is 17.3 Å². The highest BCUT2D eigenvalue weighted by Crippen LogP contribution is 2.17. The summed E-state index contributed by atoms with van der Waals surface area (Å²) < 4.78 is 14.8. The smallest absolute Gasteiger partial charge is 0.230 e. The second-order valence-corrected chi connectivity index (χ2v) is 6.09. The Morgan fingerprint density at radius 2 is 2.23 bits per heavy atom. The number of carbonyl (C=O) groups is 1. The molecule has 6 nitrogen and oxygen atoms in total. The zero-order chi connectivity index (χ0) is 16.1. The van der Waals surface area contributed by atoms with Gasteiger partial charge in [-0.15, -0.1) is 5.10 Å². The van der Waals surface area contributed by atoms with E-state index in [9.17, 15) is 9.18 Å². The van der Waals surface area contributed by atoms with Crippen LogP contribution in [0.25, 0.3) is 0 Å². The maximum Gasteiger partial charge on any atom is 0.230 e. The fourth-order valence-electron chi connectivity index (χ4n) is 1.80. The molecule has 0 bridgehead atoms. The fourth-order valence-corrected chi connectivity index (χ4v) is 2.64. The van der Waals surface area contributed by atoms with Crippen LogP contribution in [0.2, 0.25) is 0 Å². The van der Waals surface area contributed by atoms with Crippen molar-refractivity contribution in [3.63, 3.8) is 0 Å². The van der Waals surface area contributed by atoms with Gasteiger partial charge in [0.2, 0.25) is 11.1 Å². The number of aryl methyl sites for hydroxylation is 1. The second-order valence-electron chi connectivity index (χ2n) is 5.15. The molecule has 0 unspecified atom stereocenters. The van der Waals surface area contributed by atoms with E-state index in [1.165, 1.54) is 17.8 Å². The van der Waals surface area contributed by atoms with Crippen LogP contribution in [0.5, 0.6) is 0 Å². The first kappa shape index (κ1) is 16.4. The summed E-state index contributed by atoms with van der Waals surface area (Å²) in [6.45, 7) is 6.01. The van der Waals surface area contributed by atoms with Crippen LogP contribution < -0.4 is 5.32 Å². The summed E-state index contributed by atoms with van der Waals surface area (Å²) in [5.74, 6) is -0.135. The SMILES string of the molecule is Cc1cc(CNC(=O)CSc2nnnn2C(C)C)ccc1F. The Morgan fingerprint density at radius 1 is 1.45 bits per heavy atom. The number of nitrogens with one attached hydrogen (secondary N) is 1. The van der Waals surface area contributed by atoms with Gasteiger partial charge in [-0.1, -0.05) is 23.9 Å². The molecule has 118 valence electrons. The van der Waals surface area contributed by atoms with Gasteiger partial charge in [0.05, 0.1) is 11.8 Å². The molecule has 1 aromatic heterocycles. The third kappa shape index (κ3) is 4.27. The monoisotopic (exact) mass is 323 g/mol. The first-order valence-corrected chi connectivity index (χ1v) is 7.88. The van der Waals surface area contributed by atoms with Gasteiger partial charge < -0.3 is 5.32 Å². The highest BCUT2D eigenvalue weighted by atomic mass is 32.2. The first-order chi connectivity index (χ1) is 10.5. The lowest BCUT2D eigenvalue weighted by Crippen LogP contribution is -2.24. The van der Waals surface area contributed by atoms with Crippen LogP contribution in [-0.4, -0.2) is 31.9 Å². The van der Waals surface area contributed by atoms with E-state index < -0.39 is 0 Å². The standard InChI is InChI=1S/C14H18FN5OS/c1-9(2)20-14(17-18-19-20)22-8-13(21)16-7-11-4-5-12(15)10(3)6-11/h4-6,9H,7-8H2,1-3H3,(H,16,21). The van der Waals surface area contributed by atoms with Crippen molar-refractivity contribution >= 4 is 17.7 Å². The van der Waals surface area contributed by atoms with E-state index >= 15 is 0 Å². The summed E-state index contributed by atoms with van der Waals surface area (Å²) in [5.41, 5.74) is 1.43. The molecule has 0 aliphatic carbocycles. The summed E-state index contributed by atoms with van der Waals surface area (Å²) in [4.78, 5) is 11.9. The summed E-state index contributed by atoms with van der Waals surface area (Å²) in [7, 11) is 0. The Hall–Kier alpha value is -1.96. The predicted molar refractivity (Wildman–Crippen MR) is 81.9 cm³/mol. The number of amides is 1. The molecule has 1 amide bonds. The van der Waals surface area contributed by atoms with Crippen LogP contribution >= 0.6 is 11.8 Å². The van der Waals surface area contributed by atoms with E-state index in [2.05, 4.69) is 20.8 Å². The van der Waals surface area contributed by atoms with Crippen LogP contribution in [0.4, 0.5) is 4.39 Å². The van der Waals surface area contributed by atoms with Crippen LogP contribution in [0.3, 0.4) is 0 Å². The molecule has 8 heteroatoms. The molecule has 1 heterocycles. The van der Waals surface area contributed by atoms with Crippen LogP contribution in [0, 0.1) is 12.7 Å². The van der Waals surface area contributed by atoms with Crippen molar-refractivity contribution < 1.29 is 9.18 Å². The van der Waals surface area contributed by atoms with Crippen molar-refractivity contribution in [3.8, 4) is 0 Å². The molecule has 0 atom stereocenters. The Labute approximate surface area is 132 Å². The number of rotatable bonds is 6. The van der Waals surface area contributed by atoms with Gasteiger partial charge in [-0.05, 0) is 48.4 Å². The molecule has 0 aliphatic rings. The maximum atomic E-state index is 13.2. The van der Waals surface area contributed by atoms with Crippen molar-refractivity contribution in [2.45, 2.75) is 38.5 Å². The van der Waals surface area contributed by atoms with Crippen molar-refractivity contribution in [2.75, 3.05) is 5.75 Å². The molecule has 22 heavy (non-hydrogen) atoms.